The standard InChI is InChI=1S/C14H21N7O3/c1-9-16-13(19-18-9)10-3-2-6-21(7-10)14(23)15-5-4-11-17-12(8-22)24-20-11/h10,22H,2-8H2,1H3,(H,15,23)(H,16,18,19)/t10-/m1/s1. The van der Waals surface area contributed by atoms with Gasteiger partial charge in [0, 0.05) is 32.0 Å². The van der Waals surface area contributed by atoms with E-state index in [1.807, 2.05) is 6.92 Å². The molecule has 2 aromatic heterocycles. The molecule has 1 saturated heterocycles. The SMILES string of the molecule is Cc1nc([C@@H]2CCCN(C(=O)NCCc3noc(CO)n3)C2)n[nH]1. The van der Waals surface area contributed by atoms with Crippen LogP contribution >= 0.6 is 0 Å². The zero-order chi connectivity index (χ0) is 16.9. The molecule has 24 heavy (non-hydrogen) atoms. The number of nitrogens with zero attached hydrogens (tertiary/aromatic N) is 5. The highest BCUT2D eigenvalue weighted by molar-refractivity contribution is 5.74. The van der Waals surface area contributed by atoms with Crippen LogP contribution in [0.25, 0.3) is 0 Å². The predicted octanol–water partition coefficient (Wildman–Crippen LogP) is 0.120. The highest BCUT2D eigenvalue weighted by Gasteiger charge is 2.27. The Morgan fingerprint density at radius 2 is 2.38 bits per heavy atom. The van der Waals surface area contributed by atoms with Crippen LogP contribution in [0.5, 0.6) is 0 Å². The topological polar surface area (TPSA) is 133 Å². The van der Waals surface area contributed by atoms with E-state index in [0.29, 0.717) is 25.3 Å². The molecule has 130 valence electrons. The summed E-state index contributed by atoms with van der Waals surface area (Å²) < 4.78 is 4.80. The summed E-state index contributed by atoms with van der Waals surface area (Å²) in [6.07, 6.45) is 2.36. The number of urea groups is 1. The number of nitrogens with one attached hydrogen (secondary N) is 2. The van der Waals surface area contributed by atoms with Crippen LogP contribution in [0, 0.1) is 6.92 Å². The molecular weight excluding hydrogens is 314 g/mol. The molecule has 10 heteroatoms. The maximum Gasteiger partial charge on any atom is 0.317 e. The van der Waals surface area contributed by atoms with Crippen molar-refractivity contribution in [1.29, 1.82) is 0 Å². The zero-order valence-corrected chi connectivity index (χ0v) is 13.5. The quantitative estimate of drug-likeness (QED) is 0.706. The van der Waals surface area contributed by atoms with E-state index >= 15 is 0 Å². The van der Waals surface area contributed by atoms with Crippen molar-refractivity contribution >= 4 is 6.03 Å². The summed E-state index contributed by atoms with van der Waals surface area (Å²) >= 11 is 0. The third kappa shape index (κ3) is 3.88. The molecule has 1 fully saturated rings. The summed E-state index contributed by atoms with van der Waals surface area (Å²) in [5, 5.41) is 22.5. The second-order valence-electron chi connectivity index (χ2n) is 5.81. The molecule has 0 radical (unpaired) electrons. The second-order valence-corrected chi connectivity index (χ2v) is 5.81. The highest BCUT2D eigenvalue weighted by Crippen LogP contribution is 2.24. The lowest BCUT2D eigenvalue weighted by molar-refractivity contribution is 0.178. The summed E-state index contributed by atoms with van der Waals surface area (Å²) in [7, 11) is 0. The molecule has 0 bridgehead atoms. The number of aryl methyl sites for hydroxylation is 1. The van der Waals surface area contributed by atoms with Crippen molar-refractivity contribution in [2.24, 2.45) is 0 Å². The van der Waals surface area contributed by atoms with Crippen molar-refractivity contribution in [3.8, 4) is 0 Å². The number of H-pyrrole nitrogens is 1. The molecule has 3 rings (SSSR count). The number of hydrogen-bond acceptors (Lipinski definition) is 7. The van der Waals surface area contributed by atoms with Gasteiger partial charge in [-0.15, -0.1) is 0 Å². The van der Waals surface area contributed by atoms with E-state index in [9.17, 15) is 4.79 Å². The fourth-order valence-electron chi connectivity index (χ4n) is 2.76. The monoisotopic (exact) mass is 335 g/mol. The summed E-state index contributed by atoms with van der Waals surface area (Å²) in [5.74, 6) is 2.37. The first-order valence-corrected chi connectivity index (χ1v) is 7.99. The van der Waals surface area contributed by atoms with Crippen molar-refractivity contribution in [1.82, 2.24) is 35.5 Å². The fourth-order valence-corrected chi connectivity index (χ4v) is 2.76. The van der Waals surface area contributed by atoms with Gasteiger partial charge in [0.25, 0.3) is 5.89 Å². The minimum Gasteiger partial charge on any atom is -0.387 e. The summed E-state index contributed by atoms with van der Waals surface area (Å²) in [5.41, 5.74) is 0. The lowest BCUT2D eigenvalue weighted by atomic mass is 9.98. The Morgan fingerprint density at radius 3 is 3.08 bits per heavy atom. The van der Waals surface area contributed by atoms with Crippen molar-refractivity contribution in [2.75, 3.05) is 19.6 Å². The van der Waals surface area contributed by atoms with Gasteiger partial charge >= 0.3 is 6.03 Å². The first-order valence-electron chi connectivity index (χ1n) is 7.99. The molecule has 1 aliphatic heterocycles. The maximum absolute atomic E-state index is 12.3. The van der Waals surface area contributed by atoms with Crippen LogP contribution in [-0.2, 0) is 13.0 Å². The number of carbonyl (C=O) groups excluding carboxylic acids is 1. The van der Waals surface area contributed by atoms with Crippen LogP contribution < -0.4 is 5.32 Å². The highest BCUT2D eigenvalue weighted by atomic mass is 16.5. The Kier molecular flexibility index (Phi) is 5.04. The summed E-state index contributed by atoms with van der Waals surface area (Å²) in [6, 6.07) is -0.113. The number of carbonyl (C=O) groups is 1. The van der Waals surface area contributed by atoms with E-state index in [-0.39, 0.29) is 24.4 Å². The van der Waals surface area contributed by atoms with Crippen molar-refractivity contribution in [3.05, 3.63) is 23.4 Å². The van der Waals surface area contributed by atoms with Crippen LogP contribution in [-0.4, -0.2) is 61.0 Å². The van der Waals surface area contributed by atoms with Crippen LogP contribution in [0.4, 0.5) is 4.79 Å². The van der Waals surface area contributed by atoms with E-state index in [4.69, 9.17) is 9.63 Å². The van der Waals surface area contributed by atoms with Gasteiger partial charge in [0.2, 0.25) is 0 Å². The second kappa shape index (κ2) is 7.39. The number of likely N-dealkylation sites (tertiary alicyclic amines) is 1. The largest absolute Gasteiger partial charge is 0.387 e. The Labute approximate surface area is 138 Å². The number of aliphatic hydroxyl groups excluding tert-OH is 1. The first-order chi connectivity index (χ1) is 11.7. The Bertz CT molecular complexity index is 683. The molecule has 0 aliphatic carbocycles. The van der Waals surface area contributed by atoms with Gasteiger partial charge in [-0.05, 0) is 19.8 Å². The van der Waals surface area contributed by atoms with Gasteiger partial charge in [-0.3, -0.25) is 5.10 Å². The Balaban J connectivity index is 1.47. The number of aliphatic hydroxyl groups is 1. The number of amides is 2. The van der Waals surface area contributed by atoms with Gasteiger partial charge in [0.05, 0.1) is 0 Å². The normalized spacial score (nSPS) is 17.9. The number of hydrogen-bond donors (Lipinski definition) is 3. The predicted molar refractivity (Wildman–Crippen MR) is 82.0 cm³/mol. The fraction of sp³-hybridized carbons (Fsp3) is 0.643. The summed E-state index contributed by atoms with van der Waals surface area (Å²) in [4.78, 5) is 22.4. The maximum atomic E-state index is 12.3. The molecule has 0 aromatic carbocycles. The van der Waals surface area contributed by atoms with E-state index in [0.717, 1.165) is 31.0 Å². The van der Waals surface area contributed by atoms with Crippen LogP contribution in [0.1, 0.15) is 42.1 Å². The molecular formula is C14H21N7O3. The van der Waals surface area contributed by atoms with Gasteiger partial charge in [0.15, 0.2) is 11.6 Å². The zero-order valence-electron chi connectivity index (χ0n) is 13.5. The van der Waals surface area contributed by atoms with Crippen LogP contribution in [0.15, 0.2) is 4.52 Å². The van der Waals surface area contributed by atoms with Crippen molar-refractivity contribution in [3.63, 3.8) is 0 Å². The van der Waals surface area contributed by atoms with Crippen molar-refractivity contribution < 1.29 is 14.4 Å². The lowest BCUT2D eigenvalue weighted by Crippen LogP contribution is -2.45. The van der Waals surface area contributed by atoms with E-state index in [1.54, 1.807) is 4.90 Å². The van der Waals surface area contributed by atoms with Gasteiger partial charge in [-0.1, -0.05) is 5.16 Å². The molecule has 0 spiro atoms. The Morgan fingerprint density at radius 1 is 1.50 bits per heavy atom. The Hall–Kier alpha value is -2.49. The van der Waals surface area contributed by atoms with E-state index in [2.05, 4.69) is 30.6 Å². The average Bonchev–Trinajstić information content (AvgIpc) is 3.24. The molecule has 0 unspecified atom stereocenters. The molecule has 2 amide bonds. The smallest absolute Gasteiger partial charge is 0.317 e. The minimum atomic E-state index is -0.283. The van der Waals surface area contributed by atoms with Crippen LogP contribution in [0.2, 0.25) is 0 Å². The van der Waals surface area contributed by atoms with Gasteiger partial charge < -0.3 is 19.8 Å². The number of piperidine rings is 1. The number of aromatic amines is 1. The molecule has 1 aliphatic rings. The molecule has 10 nitrogen and oxygen atoms in total. The van der Waals surface area contributed by atoms with Crippen molar-refractivity contribution in [2.45, 2.75) is 38.7 Å². The minimum absolute atomic E-state index is 0.113. The van der Waals surface area contributed by atoms with E-state index < -0.39 is 0 Å². The van der Waals surface area contributed by atoms with Crippen LogP contribution in [0.3, 0.4) is 0 Å². The average molecular weight is 335 g/mol. The van der Waals surface area contributed by atoms with Gasteiger partial charge in [-0.2, -0.15) is 10.1 Å². The van der Waals surface area contributed by atoms with Gasteiger partial charge in [-0.25, -0.2) is 9.78 Å². The molecule has 3 heterocycles. The first kappa shape index (κ1) is 16.4. The third-order valence-electron chi connectivity index (χ3n) is 3.96. The lowest BCUT2D eigenvalue weighted by Gasteiger charge is -2.31. The van der Waals surface area contributed by atoms with E-state index in [1.165, 1.54) is 0 Å². The molecule has 2 aromatic rings. The summed E-state index contributed by atoms with van der Waals surface area (Å²) in [6.45, 7) is 3.33. The molecule has 3 N–H and O–H groups in total. The number of aromatic nitrogens is 5. The third-order valence-corrected chi connectivity index (χ3v) is 3.96. The van der Waals surface area contributed by atoms with Gasteiger partial charge in [0.1, 0.15) is 12.4 Å². The molecule has 0 saturated carbocycles. The number of rotatable bonds is 5. The molecule has 1 atom stereocenters.